The Bertz CT molecular complexity index is 476. The third-order valence-electron chi connectivity index (χ3n) is 3.51. The Labute approximate surface area is 109 Å². The van der Waals surface area contributed by atoms with Crippen LogP contribution in [0.5, 0.6) is 0 Å². The van der Waals surface area contributed by atoms with Gasteiger partial charge in [-0.2, -0.15) is 0 Å². The van der Waals surface area contributed by atoms with Crippen LogP contribution in [0.1, 0.15) is 31.2 Å². The molecule has 1 aromatic rings. The molecular formula is C13H20N2O2S. The maximum Gasteiger partial charge on any atom is 0.240 e. The molecule has 0 aromatic heterocycles. The highest BCUT2D eigenvalue weighted by Crippen LogP contribution is 2.24. The van der Waals surface area contributed by atoms with E-state index in [1.165, 1.54) is 12.8 Å². The molecule has 18 heavy (non-hydrogen) atoms. The first-order chi connectivity index (χ1) is 8.62. The minimum absolute atomic E-state index is 0.317. The standard InChI is InChI=1S/C13H20N2O2S/c14-9-11-5-7-13(8-6-11)18(16,17)15-10-12-3-1-2-4-12/h5-8,12,15H,1-4,9-10,14H2. The zero-order chi connectivity index (χ0) is 13.0. The van der Waals surface area contributed by atoms with Crippen LogP contribution in [0.15, 0.2) is 29.2 Å². The fraction of sp³-hybridized carbons (Fsp3) is 0.538. The summed E-state index contributed by atoms with van der Waals surface area (Å²) in [5, 5.41) is 0. The lowest BCUT2D eigenvalue weighted by molar-refractivity contribution is 0.519. The Hall–Kier alpha value is -0.910. The van der Waals surface area contributed by atoms with Gasteiger partial charge in [-0.3, -0.25) is 0 Å². The van der Waals surface area contributed by atoms with Crippen molar-refractivity contribution in [3.05, 3.63) is 29.8 Å². The molecule has 0 heterocycles. The third kappa shape index (κ3) is 3.31. The lowest BCUT2D eigenvalue weighted by atomic mass is 10.1. The van der Waals surface area contributed by atoms with Crippen LogP contribution in [0.4, 0.5) is 0 Å². The number of sulfonamides is 1. The van der Waals surface area contributed by atoms with Gasteiger partial charge in [-0.15, -0.1) is 0 Å². The number of hydrogen-bond donors (Lipinski definition) is 2. The van der Waals surface area contributed by atoms with E-state index in [0.717, 1.165) is 18.4 Å². The zero-order valence-electron chi connectivity index (χ0n) is 10.4. The number of benzene rings is 1. The Morgan fingerprint density at radius 2 is 1.78 bits per heavy atom. The predicted octanol–water partition coefficient (Wildman–Crippen LogP) is 1.61. The third-order valence-corrected chi connectivity index (χ3v) is 4.95. The van der Waals surface area contributed by atoms with Crippen molar-refractivity contribution in [3.63, 3.8) is 0 Å². The highest BCUT2D eigenvalue weighted by Gasteiger charge is 2.19. The Morgan fingerprint density at radius 3 is 2.33 bits per heavy atom. The van der Waals surface area contributed by atoms with Crippen LogP contribution in [0.3, 0.4) is 0 Å². The van der Waals surface area contributed by atoms with Crippen LogP contribution >= 0.6 is 0 Å². The average Bonchev–Trinajstić information content (AvgIpc) is 2.90. The predicted molar refractivity (Wildman–Crippen MR) is 71.5 cm³/mol. The van der Waals surface area contributed by atoms with Gasteiger partial charge in [0.2, 0.25) is 10.0 Å². The molecule has 4 nitrogen and oxygen atoms in total. The normalized spacial score (nSPS) is 17.2. The van der Waals surface area contributed by atoms with Crippen molar-refractivity contribution >= 4 is 10.0 Å². The fourth-order valence-corrected chi connectivity index (χ4v) is 3.45. The molecule has 0 bridgehead atoms. The van der Waals surface area contributed by atoms with Crippen molar-refractivity contribution in [2.45, 2.75) is 37.1 Å². The smallest absolute Gasteiger partial charge is 0.240 e. The molecule has 1 aliphatic carbocycles. The first-order valence-corrected chi connectivity index (χ1v) is 7.89. The molecule has 0 saturated heterocycles. The van der Waals surface area contributed by atoms with Gasteiger partial charge in [-0.1, -0.05) is 25.0 Å². The largest absolute Gasteiger partial charge is 0.326 e. The van der Waals surface area contributed by atoms with Gasteiger partial charge >= 0.3 is 0 Å². The zero-order valence-corrected chi connectivity index (χ0v) is 11.2. The van der Waals surface area contributed by atoms with E-state index in [1.807, 2.05) is 0 Å². The Kier molecular flexibility index (Phi) is 4.37. The Balaban J connectivity index is 2.00. The van der Waals surface area contributed by atoms with Gasteiger partial charge in [-0.25, -0.2) is 13.1 Å². The molecule has 0 amide bonds. The molecule has 1 aromatic carbocycles. The summed E-state index contributed by atoms with van der Waals surface area (Å²) < 4.78 is 26.8. The first kappa shape index (κ1) is 13.5. The second-order valence-electron chi connectivity index (χ2n) is 4.85. The van der Waals surface area contributed by atoms with Gasteiger partial charge in [0.25, 0.3) is 0 Å². The molecule has 0 aliphatic heterocycles. The van der Waals surface area contributed by atoms with E-state index in [1.54, 1.807) is 24.3 Å². The van der Waals surface area contributed by atoms with Gasteiger partial charge in [0, 0.05) is 13.1 Å². The SMILES string of the molecule is NCc1ccc(S(=O)(=O)NCC2CCCC2)cc1. The molecule has 1 saturated carbocycles. The molecule has 0 radical (unpaired) electrons. The van der Waals surface area contributed by atoms with E-state index in [4.69, 9.17) is 5.73 Å². The maximum atomic E-state index is 12.0. The van der Waals surface area contributed by atoms with Crippen LogP contribution in [-0.4, -0.2) is 15.0 Å². The van der Waals surface area contributed by atoms with Gasteiger partial charge in [0.15, 0.2) is 0 Å². The summed E-state index contributed by atoms with van der Waals surface area (Å²) in [4.78, 5) is 0.317. The van der Waals surface area contributed by atoms with Crippen molar-refractivity contribution < 1.29 is 8.42 Å². The lowest BCUT2D eigenvalue weighted by Gasteiger charge is -2.11. The summed E-state index contributed by atoms with van der Waals surface area (Å²) in [5.41, 5.74) is 6.42. The van der Waals surface area contributed by atoms with Crippen LogP contribution in [0.25, 0.3) is 0 Å². The van der Waals surface area contributed by atoms with Gasteiger partial charge in [0.05, 0.1) is 4.90 Å². The summed E-state index contributed by atoms with van der Waals surface area (Å²) in [6.45, 7) is 0.983. The molecule has 5 heteroatoms. The summed E-state index contributed by atoms with van der Waals surface area (Å²) >= 11 is 0. The van der Waals surface area contributed by atoms with Crippen LogP contribution < -0.4 is 10.5 Å². The highest BCUT2D eigenvalue weighted by atomic mass is 32.2. The van der Waals surface area contributed by atoms with Crippen LogP contribution in [0, 0.1) is 5.92 Å². The lowest BCUT2D eigenvalue weighted by Crippen LogP contribution is -2.28. The summed E-state index contributed by atoms with van der Waals surface area (Å²) in [6.07, 6.45) is 4.71. The number of nitrogens with one attached hydrogen (secondary N) is 1. The average molecular weight is 268 g/mol. The molecule has 100 valence electrons. The Morgan fingerprint density at radius 1 is 1.17 bits per heavy atom. The summed E-state index contributed by atoms with van der Waals surface area (Å²) in [7, 11) is -3.36. The van der Waals surface area contributed by atoms with E-state index >= 15 is 0 Å². The fourth-order valence-electron chi connectivity index (χ4n) is 2.33. The van der Waals surface area contributed by atoms with Crippen molar-refractivity contribution in [2.75, 3.05) is 6.54 Å². The van der Waals surface area contributed by atoms with Crippen LogP contribution in [-0.2, 0) is 16.6 Å². The summed E-state index contributed by atoms with van der Waals surface area (Å²) in [5.74, 6) is 0.503. The monoisotopic (exact) mass is 268 g/mol. The van der Waals surface area contributed by atoms with E-state index in [9.17, 15) is 8.42 Å². The van der Waals surface area contributed by atoms with E-state index < -0.39 is 10.0 Å². The van der Waals surface area contributed by atoms with Gasteiger partial charge < -0.3 is 5.73 Å². The van der Waals surface area contributed by atoms with Gasteiger partial charge in [0.1, 0.15) is 0 Å². The second-order valence-corrected chi connectivity index (χ2v) is 6.62. The molecule has 1 aliphatic rings. The minimum Gasteiger partial charge on any atom is -0.326 e. The molecular weight excluding hydrogens is 248 g/mol. The molecule has 0 unspecified atom stereocenters. The quantitative estimate of drug-likeness (QED) is 0.852. The summed E-state index contributed by atoms with van der Waals surface area (Å²) in [6, 6.07) is 6.73. The molecule has 3 N–H and O–H groups in total. The first-order valence-electron chi connectivity index (χ1n) is 6.40. The second kappa shape index (κ2) is 5.82. The molecule has 0 atom stereocenters. The van der Waals surface area contributed by atoms with Crippen molar-refractivity contribution in [2.24, 2.45) is 11.7 Å². The van der Waals surface area contributed by atoms with Crippen molar-refractivity contribution in [1.29, 1.82) is 0 Å². The molecule has 1 fully saturated rings. The number of rotatable bonds is 5. The van der Waals surface area contributed by atoms with E-state index in [2.05, 4.69) is 4.72 Å². The van der Waals surface area contributed by atoms with E-state index in [-0.39, 0.29) is 0 Å². The van der Waals surface area contributed by atoms with E-state index in [0.29, 0.717) is 23.9 Å². The highest BCUT2D eigenvalue weighted by molar-refractivity contribution is 7.89. The molecule has 0 spiro atoms. The van der Waals surface area contributed by atoms with Gasteiger partial charge in [-0.05, 0) is 36.5 Å². The van der Waals surface area contributed by atoms with Crippen molar-refractivity contribution in [3.8, 4) is 0 Å². The van der Waals surface area contributed by atoms with Crippen LogP contribution in [0.2, 0.25) is 0 Å². The number of nitrogens with two attached hydrogens (primary N) is 1. The topological polar surface area (TPSA) is 72.2 Å². The molecule has 2 rings (SSSR count). The maximum absolute atomic E-state index is 12.0. The van der Waals surface area contributed by atoms with Crippen molar-refractivity contribution in [1.82, 2.24) is 4.72 Å². The minimum atomic E-state index is -3.36. The number of hydrogen-bond acceptors (Lipinski definition) is 3.